The zero-order valence-corrected chi connectivity index (χ0v) is 17.2. The van der Waals surface area contributed by atoms with E-state index in [1.54, 1.807) is 31.5 Å². The number of carbonyl (C=O) groups excluding carboxylic acids is 1. The van der Waals surface area contributed by atoms with Gasteiger partial charge in [-0.1, -0.05) is 30.1 Å². The Morgan fingerprint density at radius 3 is 2.82 bits per heavy atom. The van der Waals surface area contributed by atoms with Crippen LogP contribution in [0, 0.1) is 0 Å². The third-order valence-electron chi connectivity index (χ3n) is 5.05. The third-order valence-corrected chi connectivity index (χ3v) is 6.68. The molecule has 5 nitrogen and oxygen atoms in total. The number of carbonyl (C=O) groups is 1. The van der Waals surface area contributed by atoms with Gasteiger partial charge in [-0.05, 0) is 18.6 Å². The van der Waals surface area contributed by atoms with Gasteiger partial charge >= 0.3 is 0 Å². The molecule has 1 amide bonds. The van der Waals surface area contributed by atoms with Crippen LogP contribution in [0.4, 0.5) is 4.39 Å². The van der Waals surface area contributed by atoms with Crippen molar-refractivity contribution in [2.45, 2.75) is 25.6 Å². The largest absolute Gasteiger partial charge is 0.335 e. The predicted octanol–water partition coefficient (Wildman–Crippen LogP) is 4.39. The SMILES string of the molecule is CCC1(F)CN(C(=O)Cn2ccc3scc(-c4cnc(Cl)c(Cl)c4)c3c2=O)C1. The van der Waals surface area contributed by atoms with Gasteiger partial charge < -0.3 is 9.47 Å². The lowest BCUT2D eigenvalue weighted by molar-refractivity contribution is -0.146. The summed E-state index contributed by atoms with van der Waals surface area (Å²) < 4.78 is 16.2. The quantitative estimate of drug-likeness (QED) is 0.566. The van der Waals surface area contributed by atoms with Crippen molar-refractivity contribution in [2.24, 2.45) is 0 Å². The van der Waals surface area contributed by atoms with E-state index in [0.29, 0.717) is 28.0 Å². The molecule has 1 fully saturated rings. The molecular formula is C19H16Cl2FN3O2S. The highest BCUT2D eigenvalue weighted by Crippen LogP contribution is 2.34. The highest BCUT2D eigenvalue weighted by atomic mass is 35.5. The normalized spacial score (nSPS) is 15.6. The standard InChI is InChI=1S/C19H16Cl2FN3O2S/c1-2-19(22)9-25(10-19)15(26)7-24-4-3-14-16(18(24)27)12(8-28-14)11-5-13(20)17(21)23-6-11/h3-6,8H,2,7,9-10H2,1H3. The molecule has 28 heavy (non-hydrogen) atoms. The minimum atomic E-state index is -1.30. The smallest absolute Gasteiger partial charge is 0.260 e. The molecule has 0 bridgehead atoms. The Labute approximate surface area is 174 Å². The van der Waals surface area contributed by atoms with Crippen LogP contribution in [-0.2, 0) is 11.3 Å². The van der Waals surface area contributed by atoms with Crippen molar-refractivity contribution in [1.29, 1.82) is 0 Å². The number of thiophene rings is 1. The first kappa shape index (κ1) is 19.4. The highest BCUT2D eigenvalue weighted by Gasteiger charge is 2.44. The molecule has 3 aromatic rings. The molecule has 0 unspecified atom stereocenters. The van der Waals surface area contributed by atoms with E-state index in [1.165, 1.54) is 20.8 Å². The van der Waals surface area contributed by atoms with Crippen LogP contribution >= 0.6 is 34.5 Å². The molecule has 0 N–H and O–H groups in total. The maximum atomic E-state index is 14.0. The van der Waals surface area contributed by atoms with Crippen LogP contribution in [0.15, 0.2) is 34.7 Å². The van der Waals surface area contributed by atoms with Gasteiger partial charge in [0, 0.05) is 33.6 Å². The number of halogens is 3. The van der Waals surface area contributed by atoms with Crippen LogP contribution in [0.5, 0.6) is 0 Å². The molecule has 0 atom stereocenters. The zero-order chi connectivity index (χ0) is 20.1. The number of aromatic nitrogens is 2. The Hall–Kier alpha value is -1.96. The number of alkyl halides is 1. The summed E-state index contributed by atoms with van der Waals surface area (Å²) in [5.41, 5.74) is -0.215. The van der Waals surface area contributed by atoms with Crippen molar-refractivity contribution in [1.82, 2.24) is 14.5 Å². The van der Waals surface area contributed by atoms with Gasteiger partial charge in [-0.2, -0.15) is 0 Å². The lowest BCUT2D eigenvalue weighted by atomic mass is 9.93. The van der Waals surface area contributed by atoms with E-state index >= 15 is 0 Å². The first-order valence-corrected chi connectivity index (χ1v) is 10.3. The number of hydrogen-bond acceptors (Lipinski definition) is 4. The fourth-order valence-corrected chi connectivity index (χ4v) is 4.50. The van der Waals surface area contributed by atoms with Gasteiger partial charge in [0.25, 0.3) is 5.56 Å². The lowest BCUT2D eigenvalue weighted by Crippen LogP contribution is -2.61. The van der Waals surface area contributed by atoms with Gasteiger partial charge in [0.1, 0.15) is 17.4 Å². The van der Waals surface area contributed by atoms with Gasteiger partial charge in [0.15, 0.2) is 0 Å². The summed E-state index contributed by atoms with van der Waals surface area (Å²) in [4.78, 5) is 30.9. The Kier molecular flexibility index (Phi) is 4.93. The summed E-state index contributed by atoms with van der Waals surface area (Å²) in [7, 11) is 0. The van der Waals surface area contributed by atoms with Gasteiger partial charge in [-0.15, -0.1) is 11.3 Å². The van der Waals surface area contributed by atoms with Crippen molar-refractivity contribution < 1.29 is 9.18 Å². The number of hydrogen-bond donors (Lipinski definition) is 0. The zero-order valence-electron chi connectivity index (χ0n) is 14.9. The molecule has 0 spiro atoms. The molecule has 0 saturated carbocycles. The van der Waals surface area contributed by atoms with E-state index in [9.17, 15) is 14.0 Å². The van der Waals surface area contributed by atoms with Gasteiger partial charge in [-0.25, -0.2) is 9.37 Å². The molecule has 0 aliphatic carbocycles. The van der Waals surface area contributed by atoms with Gasteiger partial charge in [0.05, 0.1) is 23.5 Å². The molecule has 1 saturated heterocycles. The second-order valence-corrected chi connectivity index (χ2v) is 8.56. The highest BCUT2D eigenvalue weighted by molar-refractivity contribution is 7.17. The Morgan fingerprint density at radius 1 is 1.39 bits per heavy atom. The molecule has 9 heteroatoms. The maximum Gasteiger partial charge on any atom is 0.260 e. The van der Waals surface area contributed by atoms with E-state index in [1.807, 2.05) is 5.38 Å². The van der Waals surface area contributed by atoms with E-state index in [4.69, 9.17) is 23.2 Å². The van der Waals surface area contributed by atoms with E-state index in [2.05, 4.69) is 4.98 Å². The molecule has 1 aliphatic rings. The fourth-order valence-electron chi connectivity index (χ4n) is 3.27. The van der Waals surface area contributed by atoms with Crippen LogP contribution in [0.25, 0.3) is 21.2 Å². The second-order valence-electron chi connectivity index (χ2n) is 6.89. The fraction of sp³-hybridized carbons (Fsp3) is 0.316. The number of nitrogens with zero attached hydrogens (tertiary/aromatic N) is 3. The van der Waals surface area contributed by atoms with Crippen molar-refractivity contribution in [2.75, 3.05) is 13.1 Å². The second kappa shape index (κ2) is 7.13. The molecule has 1 aliphatic heterocycles. The Bertz CT molecular complexity index is 1140. The van der Waals surface area contributed by atoms with Crippen molar-refractivity contribution in [3.63, 3.8) is 0 Å². The number of pyridine rings is 2. The molecule has 4 heterocycles. The van der Waals surface area contributed by atoms with Gasteiger partial charge in [-0.3, -0.25) is 9.59 Å². The average molecular weight is 440 g/mol. The summed E-state index contributed by atoms with van der Waals surface area (Å²) in [6, 6.07) is 3.46. The van der Waals surface area contributed by atoms with E-state index < -0.39 is 5.67 Å². The summed E-state index contributed by atoms with van der Waals surface area (Å²) in [5.74, 6) is -0.267. The minimum Gasteiger partial charge on any atom is -0.335 e. The summed E-state index contributed by atoms with van der Waals surface area (Å²) in [5, 5.41) is 2.84. The van der Waals surface area contributed by atoms with Crippen molar-refractivity contribution in [3.05, 3.63) is 50.4 Å². The van der Waals surface area contributed by atoms with Crippen LogP contribution in [0.3, 0.4) is 0 Å². The predicted molar refractivity (Wildman–Crippen MR) is 110 cm³/mol. The molecule has 146 valence electrons. The average Bonchev–Trinajstić information content (AvgIpc) is 3.08. The molecule has 0 radical (unpaired) electrons. The first-order valence-electron chi connectivity index (χ1n) is 8.70. The maximum absolute atomic E-state index is 14.0. The molecular weight excluding hydrogens is 424 g/mol. The van der Waals surface area contributed by atoms with E-state index in [-0.39, 0.29) is 36.3 Å². The number of fused-ring (bicyclic) bond motifs is 1. The van der Waals surface area contributed by atoms with Gasteiger partial charge in [0.2, 0.25) is 5.91 Å². The first-order chi connectivity index (χ1) is 13.3. The summed E-state index contributed by atoms with van der Waals surface area (Å²) >= 11 is 13.4. The summed E-state index contributed by atoms with van der Waals surface area (Å²) in [6.07, 6.45) is 3.53. The number of amides is 1. The van der Waals surface area contributed by atoms with E-state index in [0.717, 1.165) is 4.70 Å². The van der Waals surface area contributed by atoms with Crippen LogP contribution < -0.4 is 5.56 Å². The van der Waals surface area contributed by atoms with Crippen molar-refractivity contribution >= 4 is 50.5 Å². The minimum absolute atomic E-state index is 0.0813. The lowest BCUT2D eigenvalue weighted by Gasteiger charge is -2.44. The Morgan fingerprint density at radius 2 is 2.14 bits per heavy atom. The number of rotatable bonds is 4. The topological polar surface area (TPSA) is 55.2 Å². The van der Waals surface area contributed by atoms with Crippen LogP contribution in [0.1, 0.15) is 13.3 Å². The van der Waals surface area contributed by atoms with Crippen molar-refractivity contribution in [3.8, 4) is 11.1 Å². The third kappa shape index (κ3) is 3.32. The molecule has 3 aromatic heterocycles. The summed E-state index contributed by atoms with van der Waals surface area (Å²) in [6.45, 7) is 1.80. The molecule has 4 rings (SSSR count). The monoisotopic (exact) mass is 439 g/mol. The molecule has 0 aromatic carbocycles. The van der Waals surface area contributed by atoms with Crippen LogP contribution in [-0.4, -0.2) is 39.1 Å². The number of likely N-dealkylation sites (tertiary alicyclic amines) is 1. The Balaban J connectivity index is 1.66. The van der Waals surface area contributed by atoms with Crippen LogP contribution in [0.2, 0.25) is 10.2 Å².